The molecule has 2 rings (SSSR count). The number of alkyl halides is 1. The predicted octanol–water partition coefficient (Wildman–Crippen LogP) is 4.38. The number of carbonyl (C=O) groups excluding carboxylic acids is 1. The minimum atomic E-state index is -1.87. The van der Waals surface area contributed by atoms with Crippen molar-refractivity contribution in [3.05, 3.63) is 66.2 Å². The number of carbonyl (C=O) groups is 1. The van der Waals surface area contributed by atoms with Gasteiger partial charge in [-0.1, -0.05) is 66.7 Å². The lowest BCUT2D eigenvalue weighted by Crippen LogP contribution is -2.54. The van der Waals surface area contributed by atoms with E-state index in [0.717, 1.165) is 16.7 Å². The third-order valence-electron chi connectivity index (χ3n) is 5.19. The zero-order chi connectivity index (χ0) is 19.9. The zero-order valence-corrected chi connectivity index (χ0v) is 15.7. The van der Waals surface area contributed by atoms with Crippen molar-refractivity contribution in [2.45, 2.75) is 32.3 Å². The molecule has 144 valence electrons. The fraction of sp³-hybridized carbons (Fsp3) is 0.318. The van der Waals surface area contributed by atoms with Crippen molar-refractivity contribution in [3.8, 4) is 11.1 Å². The van der Waals surface area contributed by atoms with Crippen LogP contribution < -0.4 is 5.48 Å². The van der Waals surface area contributed by atoms with E-state index in [4.69, 9.17) is 5.21 Å². The monoisotopic (exact) mass is 371 g/mol. The van der Waals surface area contributed by atoms with Crippen LogP contribution in [0.4, 0.5) is 4.39 Å². The van der Waals surface area contributed by atoms with Gasteiger partial charge >= 0.3 is 0 Å². The number of hydroxylamine groups is 1. The number of allylic oxidation sites excluding steroid dienone is 1. The van der Waals surface area contributed by atoms with Gasteiger partial charge in [0.15, 0.2) is 0 Å². The second-order valence-corrected chi connectivity index (χ2v) is 7.11. The van der Waals surface area contributed by atoms with Gasteiger partial charge in [-0.05, 0) is 43.4 Å². The number of amides is 1. The topological polar surface area (TPSA) is 69.6 Å². The third kappa shape index (κ3) is 4.81. The minimum Gasteiger partial charge on any atom is -0.386 e. The molecular formula is C22H26FNO3. The predicted molar refractivity (Wildman–Crippen MR) is 105 cm³/mol. The summed E-state index contributed by atoms with van der Waals surface area (Å²) in [7, 11) is 0. The van der Waals surface area contributed by atoms with E-state index in [1.807, 2.05) is 54.6 Å². The summed E-state index contributed by atoms with van der Waals surface area (Å²) in [5.41, 5.74) is 1.49. The highest BCUT2D eigenvalue weighted by molar-refractivity contribution is 5.82. The highest BCUT2D eigenvalue weighted by Gasteiger charge is 2.48. The lowest BCUT2D eigenvalue weighted by atomic mass is 9.71. The maximum Gasteiger partial charge on any atom is 0.252 e. The second kappa shape index (κ2) is 8.93. The summed E-state index contributed by atoms with van der Waals surface area (Å²) in [5, 5.41) is 19.2. The highest BCUT2D eigenvalue weighted by Crippen LogP contribution is 2.37. The van der Waals surface area contributed by atoms with Crippen molar-refractivity contribution in [2.24, 2.45) is 5.41 Å². The molecule has 0 saturated heterocycles. The van der Waals surface area contributed by atoms with Gasteiger partial charge in [-0.25, -0.2) is 9.87 Å². The molecule has 0 aliphatic rings. The normalized spacial score (nSPS) is 15.9. The van der Waals surface area contributed by atoms with E-state index < -0.39 is 23.6 Å². The second-order valence-electron chi connectivity index (χ2n) is 7.11. The summed E-state index contributed by atoms with van der Waals surface area (Å²) in [5.74, 6) is -0.800. The Morgan fingerprint density at radius 1 is 1.07 bits per heavy atom. The Morgan fingerprint density at radius 3 is 2.22 bits per heavy atom. The van der Waals surface area contributed by atoms with E-state index >= 15 is 0 Å². The molecule has 1 amide bonds. The van der Waals surface area contributed by atoms with Crippen LogP contribution in [0, 0.1) is 5.41 Å². The molecule has 0 heterocycles. The van der Waals surface area contributed by atoms with Crippen LogP contribution in [0.3, 0.4) is 0 Å². The fourth-order valence-corrected chi connectivity index (χ4v) is 2.91. The van der Waals surface area contributed by atoms with Crippen LogP contribution in [0.1, 0.15) is 32.3 Å². The van der Waals surface area contributed by atoms with Gasteiger partial charge in [-0.15, -0.1) is 0 Å². The van der Waals surface area contributed by atoms with Crippen LogP contribution in [-0.2, 0) is 4.79 Å². The summed E-state index contributed by atoms with van der Waals surface area (Å²) < 4.78 is 13.2. The lowest BCUT2D eigenvalue weighted by Gasteiger charge is -2.38. The number of aliphatic hydroxyl groups is 1. The van der Waals surface area contributed by atoms with Gasteiger partial charge in [0, 0.05) is 0 Å². The van der Waals surface area contributed by atoms with Gasteiger partial charge in [0.1, 0.15) is 12.3 Å². The molecule has 0 spiro atoms. The minimum absolute atomic E-state index is 0.189. The molecule has 0 saturated carbocycles. The molecule has 2 unspecified atom stereocenters. The first-order valence-corrected chi connectivity index (χ1v) is 8.89. The van der Waals surface area contributed by atoms with Crippen molar-refractivity contribution >= 4 is 12.0 Å². The standard InChI is InChI=1S/C22H26FNO3/c1-21(20(25)24-27,22(2,26)16-23)15-7-6-8-17-11-13-19(14-12-17)18-9-4-3-5-10-18/h3-6,8-14,26-27H,7,15-16H2,1-2H3,(H,24,25)/b8-6+. The average Bonchev–Trinajstić information content (AvgIpc) is 2.71. The Kier molecular flexibility index (Phi) is 6.88. The van der Waals surface area contributed by atoms with Gasteiger partial charge < -0.3 is 5.11 Å². The molecule has 2 aromatic rings. The number of nitrogens with one attached hydrogen (secondary N) is 1. The Bertz CT molecular complexity index is 772. The quantitative estimate of drug-likeness (QED) is 0.476. The number of rotatable bonds is 8. The first-order chi connectivity index (χ1) is 12.8. The van der Waals surface area contributed by atoms with Crippen molar-refractivity contribution in [3.63, 3.8) is 0 Å². The van der Waals surface area contributed by atoms with E-state index in [1.54, 1.807) is 0 Å². The Morgan fingerprint density at radius 2 is 1.67 bits per heavy atom. The summed E-state index contributed by atoms with van der Waals surface area (Å²) in [6.07, 6.45) is 4.42. The molecule has 5 heteroatoms. The highest BCUT2D eigenvalue weighted by atomic mass is 19.1. The van der Waals surface area contributed by atoms with E-state index in [2.05, 4.69) is 12.1 Å². The molecule has 4 nitrogen and oxygen atoms in total. The van der Waals surface area contributed by atoms with Crippen molar-refractivity contribution in [2.75, 3.05) is 6.67 Å². The summed E-state index contributed by atoms with van der Waals surface area (Å²) >= 11 is 0. The summed E-state index contributed by atoms with van der Waals surface area (Å²) in [6.45, 7) is 1.62. The van der Waals surface area contributed by atoms with Crippen LogP contribution in [-0.4, -0.2) is 28.5 Å². The smallest absolute Gasteiger partial charge is 0.252 e. The van der Waals surface area contributed by atoms with Crippen molar-refractivity contribution in [1.82, 2.24) is 5.48 Å². The Labute approximate surface area is 159 Å². The summed E-state index contributed by atoms with van der Waals surface area (Å²) in [6, 6.07) is 18.1. The van der Waals surface area contributed by atoms with Gasteiger partial charge in [0.2, 0.25) is 0 Å². The first kappa shape index (κ1) is 20.8. The van der Waals surface area contributed by atoms with E-state index in [0.29, 0.717) is 6.42 Å². The van der Waals surface area contributed by atoms with Crippen molar-refractivity contribution < 1.29 is 19.5 Å². The first-order valence-electron chi connectivity index (χ1n) is 8.89. The SMILES string of the molecule is CC(O)(CF)C(C)(CC/C=C/c1ccc(-c2ccccc2)cc1)C(=O)NO. The molecule has 2 atom stereocenters. The Hall–Kier alpha value is -2.50. The molecular weight excluding hydrogens is 345 g/mol. The van der Waals surface area contributed by atoms with Gasteiger partial charge in [0.25, 0.3) is 5.91 Å². The van der Waals surface area contributed by atoms with E-state index in [9.17, 15) is 14.3 Å². The van der Waals surface area contributed by atoms with Gasteiger partial charge in [0.05, 0.1) is 5.41 Å². The largest absolute Gasteiger partial charge is 0.386 e. The van der Waals surface area contributed by atoms with Crippen molar-refractivity contribution in [1.29, 1.82) is 0 Å². The number of benzene rings is 2. The molecule has 0 aliphatic carbocycles. The molecule has 0 aliphatic heterocycles. The summed E-state index contributed by atoms with van der Waals surface area (Å²) in [4.78, 5) is 12.0. The zero-order valence-electron chi connectivity index (χ0n) is 15.7. The molecule has 0 aromatic heterocycles. The maximum absolute atomic E-state index is 13.2. The van der Waals surface area contributed by atoms with Crippen LogP contribution in [0.25, 0.3) is 17.2 Å². The molecule has 27 heavy (non-hydrogen) atoms. The molecule has 2 aromatic carbocycles. The van der Waals surface area contributed by atoms with E-state index in [1.165, 1.54) is 19.3 Å². The van der Waals surface area contributed by atoms with Gasteiger partial charge in [-0.2, -0.15) is 0 Å². The molecule has 3 N–H and O–H groups in total. The average molecular weight is 371 g/mol. The van der Waals surface area contributed by atoms with Crippen LogP contribution in [0.5, 0.6) is 0 Å². The Balaban J connectivity index is 2.03. The number of hydrogen-bond donors (Lipinski definition) is 3. The third-order valence-corrected chi connectivity index (χ3v) is 5.19. The van der Waals surface area contributed by atoms with Crippen LogP contribution in [0.2, 0.25) is 0 Å². The molecule has 0 bridgehead atoms. The number of halogens is 1. The number of hydrogen-bond acceptors (Lipinski definition) is 3. The molecule has 0 fully saturated rings. The van der Waals surface area contributed by atoms with Crippen LogP contribution >= 0.6 is 0 Å². The molecule has 0 radical (unpaired) electrons. The van der Waals surface area contributed by atoms with Gasteiger partial charge in [-0.3, -0.25) is 10.0 Å². The van der Waals surface area contributed by atoms with E-state index in [-0.39, 0.29) is 6.42 Å². The van der Waals surface area contributed by atoms with Crippen LogP contribution in [0.15, 0.2) is 60.7 Å². The maximum atomic E-state index is 13.2. The fourth-order valence-electron chi connectivity index (χ4n) is 2.91. The lowest BCUT2D eigenvalue weighted by molar-refractivity contribution is -0.158.